The normalized spacial score (nSPS) is 11.5. The molecule has 0 saturated heterocycles. The summed E-state index contributed by atoms with van der Waals surface area (Å²) in [6.45, 7) is 0. The van der Waals surface area contributed by atoms with Crippen LogP contribution in [0.2, 0.25) is 0 Å². The number of fused-ring (bicyclic) bond motifs is 2. The SMILES string of the molecule is COc1cc(C(c2cc3ccccc3o2)c2cc3ccccc3o2)ccc1O. The fourth-order valence-electron chi connectivity index (χ4n) is 3.63. The van der Waals surface area contributed by atoms with Gasteiger partial charge in [-0.05, 0) is 42.0 Å². The van der Waals surface area contributed by atoms with E-state index in [2.05, 4.69) is 0 Å². The fourth-order valence-corrected chi connectivity index (χ4v) is 3.63. The van der Waals surface area contributed by atoms with Crippen LogP contribution in [0.4, 0.5) is 0 Å². The van der Waals surface area contributed by atoms with Crippen molar-refractivity contribution in [3.8, 4) is 11.5 Å². The molecule has 4 nitrogen and oxygen atoms in total. The number of phenolic OH excluding ortho intramolecular Hbond substituents is 1. The van der Waals surface area contributed by atoms with Gasteiger partial charge < -0.3 is 18.7 Å². The van der Waals surface area contributed by atoms with Gasteiger partial charge in [-0.1, -0.05) is 42.5 Å². The maximum atomic E-state index is 10.0. The molecule has 0 unspecified atom stereocenters. The van der Waals surface area contributed by atoms with E-state index in [-0.39, 0.29) is 11.7 Å². The zero-order chi connectivity index (χ0) is 19.1. The van der Waals surface area contributed by atoms with Crippen LogP contribution in [0.5, 0.6) is 11.5 Å². The molecule has 5 aromatic rings. The number of hydrogen-bond acceptors (Lipinski definition) is 4. The van der Waals surface area contributed by atoms with Crippen molar-refractivity contribution in [2.75, 3.05) is 7.11 Å². The highest BCUT2D eigenvalue weighted by molar-refractivity contribution is 5.80. The van der Waals surface area contributed by atoms with Gasteiger partial charge in [-0.2, -0.15) is 0 Å². The highest BCUT2D eigenvalue weighted by Crippen LogP contribution is 2.40. The second-order valence-corrected chi connectivity index (χ2v) is 6.74. The Morgan fingerprint density at radius 2 is 1.32 bits per heavy atom. The number of phenols is 1. The molecular weight excluding hydrogens is 352 g/mol. The zero-order valence-corrected chi connectivity index (χ0v) is 15.3. The molecule has 0 amide bonds. The van der Waals surface area contributed by atoms with Crippen LogP contribution in [-0.4, -0.2) is 12.2 Å². The van der Waals surface area contributed by atoms with Gasteiger partial charge >= 0.3 is 0 Å². The molecule has 0 spiro atoms. The van der Waals surface area contributed by atoms with E-state index < -0.39 is 0 Å². The molecule has 0 aliphatic rings. The van der Waals surface area contributed by atoms with E-state index >= 15 is 0 Å². The minimum absolute atomic E-state index is 0.0965. The zero-order valence-electron chi connectivity index (χ0n) is 15.3. The minimum Gasteiger partial charge on any atom is -0.504 e. The summed E-state index contributed by atoms with van der Waals surface area (Å²) in [6.07, 6.45) is 0. The highest BCUT2D eigenvalue weighted by atomic mass is 16.5. The Bertz CT molecular complexity index is 1140. The first-order valence-corrected chi connectivity index (χ1v) is 9.07. The molecule has 138 valence electrons. The van der Waals surface area contributed by atoms with Gasteiger partial charge in [0.05, 0.1) is 7.11 Å². The quantitative estimate of drug-likeness (QED) is 0.417. The summed E-state index contributed by atoms with van der Waals surface area (Å²) in [5, 5.41) is 12.1. The first-order chi connectivity index (χ1) is 13.7. The van der Waals surface area contributed by atoms with Crippen LogP contribution >= 0.6 is 0 Å². The third-order valence-electron chi connectivity index (χ3n) is 5.00. The van der Waals surface area contributed by atoms with Crippen molar-refractivity contribution in [3.63, 3.8) is 0 Å². The van der Waals surface area contributed by atoms with Crippen molar-refractivity contribution in [1.82, 2.24) is 0 Å². The average Bonchev–Trinajstić information content (AvgIpc) is 3.33. The molecule has 4 heteroatoms. The van der Waals surface area contributed by atoms with Crippen molar-refractivity contribution in [1.29, 1.82) is 0 Å². The molecule has 0 bridgehead atoms. The Morgan fingerprint density at radius 1 is 0.750 bits per heavy atom. The molecule has 2 heterocycles. The van der Waals surface area contributed by atoms with Crippen molar-refractivity contribution in [2.24, 2.45) is 0 Å². The lowest BCUT2D eigenvalue weighted by molar-refractivity contribution is 0.372. The molecule has 3 aromatic carbocycles. The molecule has 0 saturated carbocycles. The third kappa shape index (κ3) is 2.70. The van der Waals surface area contributed by atoms with Crippen molar-refractivity contribution in [3.05, 3.63) is 95.9 Å². The van der Waals surface area contributed by atoms with Gasteiger partial charge in [-0.25, -0.2) is 0 Å². The van der Waals surface area contributed by atoms with Crippen molar-refractivity contribution >= 4 is 21.9 Å². The van der Waals surface area contributed by atoms with Crippen LogP contribution in [0.25, 0.3) is 21.9 Å². The predicted molar refractivity (Wildman–Crippen MR) is 108 cm³/mol. The summed E-state index contributed by atoms with van der Waals surface area (Å²) < 4.78 is 17.7. The number of benzene rings is 3. The maximum Gasteiger partial charge on any atom is 0.160 e. The van der Waals surface area contributed by atoms with Gasteiger partial charge in [0.2, 0.25) is 0 Å². The van der Waals surface area contributed by atoms with E-state index in [0.29, 0.717) is 5.75 Å². The van der Waals surface area contributed by atoms with Crippen LogP contribution < -0.4 is 4.74 Å². The van der Waals surface area contributed by atoms with Crippen LogP contribution in [0, 0.1) is 0 Å². The molecule has 0 atom stereocenters. The fraction of sp³-hybridized carbons (Fsp3) is 0.0833. The largest absolute Gasteiger partial charge is 0.504 e. The molecule has 0 radical (unpaired) electrons. The van der Waals surface area contributed by atoms with Gasteiger partial charge in [0.1, 0.15) is 28.6 Å². The summed E-state index contributed by atoms with van der Waals surface area (Å²) in [4.78, 5) is 0. The molecule has 0 fully saturated rings. The molecular formula is C24H18O4. The lowest BCUT2D eigenvalue weighted by Gasteiger charge is -2.14. The Morgan fingerprint density at radius 3 is 1.86 bits per heavy atom. The van der Waals surface area contributed by atoms with E-state index in [0.717, 1.165) is 39.0 Å². The standard InChI is InChI=1S/C24H18O4/c1-26-21-14-17(10-11-18(21)25)24(22-12-15-6-2-4-8-19(15)27-22)23-13-16-7-3-5-9-20(16)28-23/h2-14,24-25H,1H3. The second kappa shape index (κ2) is 6.50. The van der Waals surface area contributed by atoms with Crippen LogP contribution in [-0.2, 0) is 0 Å². The average molecular weight is 370 g/mol. The molecule has 28 heavy (non-hydrogen) atoms. The number of furan rings is 2. The lowest BCUT2D eigenvalue weighted by atomic mass is 9.93. The van der Waals surface area contributed by atoms with Gasteiger partial charge in [0, 0.05) is 10.8 Å². The summed E-state index contributed by atoms with van der Waals surface area (Å²) in [5.74, 6) is 1.78. The van der Waals surface area contributed by atoms with Crippen molar-refractivity contribution in [2.45, 2.75) is 5.92 Å². The smallest absolute Gasteiger partial charge is 0.160 e. The Balaban J connectivity index is 1.73. The molecule has 1 N–H and O–H groups in total. The summed E-state index contributed by atoms with van der Waals surface area (Å²) in [7, 11) is 1.54. The number of methoxy groups -OCH3 is 1. The summed E-state index contributed by atoms with van der Waals surface area (Å²) in [6, 6.07) is 25.2. The van der Waals surface area contributed by atoms with E-state index in [4.69, 9.17) is 13.6 Å². The van der Waals surface area contributed by atoms with Crippen molar-refractivity contribution < 1.29 is 18.7 Å². The van der Waals surface area contributed by atoms with Gasteiger partial charge in [0.25, 0.3) is 0 Å². The Labute approximate surface area is 161 Å². The van der Waals surface area contributed by atoms with Crippen LogP contribution in [0.1, 0.15) is 23.0 Å². The molecule has 2 aromatic heterocycles. The number of rotatable bonds is 4. The molecule has 5 rings (SSSR count). The third-order valence-corrected chi connectivity index (χ3v) is 5.00. The topological polar surface area (TPSA) is 55.7 Å². The number of hydrogen-bond donors (Lipinski definition) is 1. The highest BCUT2D eigenvalue weighted by Gasteiger charge is 2.25. The van der Waals surface area contributed by atoms with Gasteiger partial charge in [-0.15, -0.1) is 0 Å². The first kappa shape index (κ1) is 16.5. The van der Waals surface area contributed by atoms with Crippen LogP contribution in [0.15, 0.2) is 87.7 Å². The monoisotopic (exact) mass is 370 g/mol. The van der Waals surface area contributed by atoms with Crippen LogP contribution in [0.3, 0.4) is 0 Å². The van der Waals surface area contributed by atoms with Gasteiger partial charge in [0.15, 0.2) is 11.5 Å². The predicted octanol–water partition coefficient (Wildman–Crippen LogP) is 6.07. The maximum absolute atomic E-state index is 10.0. The number of para-hydroxylation sites is 2. The molecule has 0 aliphatic carbocycles. The number of aromatic hydroxyl groups is 1. The molecule has 0 aliphatic heterocycles. The summed E-state index contributed by atoms with van der Waals surface area (Å²) in [5.41, 5.74) is 2.56. The first-order valence-electron chi connectivity index (χ1n) is 9.07. The minimum atomic E-state index is -0.269. The summed E-state index contributed by atoms with van der Waals surface area (Å²) >= 11 is 0. The second-order valence-electron chi connectivity index (χ2n) is 6.74. The van der Waals surface area contributed by atoms with E-state index in [1.165, 1.54) is 7.11 Å². The van der Waals surface area contributed by atoms with E-state index in [1.54, 1.807) is 6.07 Å². The number of ether oxygens (including phenoxy) is 1. The lowest BCUT2D eigenvalue weighted by Crippen LogP contribution is -2.01. The van der Waals surface area contributed by atoms with E-state index in [1.807, 2.05) is 72.8 Å². The Kier molecular flexibility index (Phi) is 3.83. The van der Waals surface area contributed by atoms with Gasteiger partial charge in [-0.3, -0.25) is 0 Å². The van der Waals surface area contributed by atoms with E-state index in [9.17, 15) is 5.11 Å². The Hall–Kier alpha value is -3.66.